The highest BCUT2D eigenvalue weighted by Gasteiger charge is 2.35. The second-order valence-corrected chi connectivity index (χ2v) is 8.10. The van der Waals surface area contributed by atoms with E-state index in [1.807, 2.05) is 36.4 Å². The number of carbonyl (C=O) groups is 1. The number of fused-ring (bicyclic) bond motifs is 2. The van der Waals surface area contributed by atoms with Gasteiger partial charge in [0.25, 0.3) is 0 Å². The predicted octanol–water partition coefficient (Wildman–Crippen LogP) is 5.45. The number of Topliss-reactive ketones (excluding diaryl/α,β-unsaturated/α-hetero) is 1. The van der Waals surface area contributed by atoms with Gasteiger partial charge in [-0.05, 0) is 49.8 Å². The number of likely N-dealkylation sites (N-methyl/N-ethyl adjacent to an activating group) is 1. The molecule has 33 heavy (non-hydrogen) atoms. The first kappa shape index (κ1) is 21.0. The third-order valence-electron chi connectivity index (χ3n) is 6.35. The molecule has 164 valence electrons. The number of ether oxygens (including phenoxy) is 1. The summed E-state index contributed by atoms with van der Waals surface area (Å²) in [6, 6.07) is 20.8. The molecule has 2 aromatic carbocycles. The van der Waals surface area contributed by atoms with Crippen LogP contribution >= 0.6 is 0 Å². The maximum Gasteiger partial charge on any atom is 0.212 e. The van der Waals surface area contributed by atoms with E-state index in [1.165, 1.54) is 10.9 Å². The van der Waals surface area contributed by atoms with Crippen LogP contribution in [0.5, 0.6) is 0 Å². The van der Waals surface area contributed by atoms with E-state index in [-0.39, 0.29) is 5.78 Å². The Morgan fingerprint density at radius 1 is 0.939 bits per heavy atom. The molecular formula is C29H27N2O2+. The van der Waals surface area contributed by atoms with Crippen LogP contribution in [0.1, 0.15) is 25.1 Å². The summed E-state index contributed by atoms with van der Waals surface area (Å²) in [6.45, 7) is 5.86. The van der Waals surface area contributed by atoms with E-state index in [4.69, 9.17) is 4.74 Å². The second-order valence-electron chi connectivity index (χ2n) is 8.10. The number of rotatable bonds is 5. The van der Waals surface area contributed by atoms with Gasteiger partial charge in [0.15, 0.2) is 0 Å². The lowest BCUT2D eigenvalue weighted by Gasteiger charge is -2.30. The minimum absolute atomic E-state index is 0.0125. The summed E-state index contributed by atoms with van der Waals surface area (Å²) < 4.78 is 7.91. The van der Waals surface area contributed by atoms with Crippen molar-refractivity contribution in [2.75, 3.05) is 18.6 Å². The fourth-order valence-corrected chi connectivity index (χ4v) is 4.73. The van der Waals surface area contributed by atoms with E-state index >= 15 is 0 Å². The number of aryl methyl sites for hydroxylation is 1. The predicted molar refractivity (Wildman–Crippen MR) is 133 cm³/mol. The Morgan fingerprint density at radius 3 is 2.52 bits per heavy atom. The third kappa shape index (κ3) is 3.48. The van der Waals surface area contributed by atoms with E-state index in [1.54, 1.807) is 7.11 Å². The minimum atomic E-state index is 0.0125. The lowest BCUT2D eigenvalue weighted by molar-refractivity contribution is -0.669. The van der Waals surface area contributed by atoms with Crippen LogP contribution in [0.15, 0.2) is 95.4 Å². The van der Waals surface area contributed by atoms with E-state index in [0.29, 0.717) is 16.9 Å². The van der Waals surface area contributed by atoms with Crippen molar-refractivity contribution in [3.8, 4) is 0 Å². The Kier molecular flexibility index (Phi) is 5.43. The number of ketones is 1. The molecule has 0 N–H and O–H groups in total. The quantitative estimate of drug-likeness (QED) is 0.395. The van der Waals surface area contributed by atoms with Crippen molar-refractivity contribution in [3.05, 3.63) is 107 Å². The Bertz CT molecular complexity index is 1390. The Balaban J connectivity index is 1.56. The average Bonchev–Trinajstić information content (AvgIpc) is 2.86. The number of anilines is 1. The largest absolute Gasteiger partial charge is 0.495 e. The van der Waals surface area contributed by atoms with Gasteiger partial charge in [-0.15, -0.1) is 0 Å². The van der Waals surface area contributed by atoms with Gasteiger partial charge in [0.2, 0.25) is 17.0 Å². The number of pyridine rings is 1. The second kappa shape index (κ2) is 8.55. The van der Waals surface area contributed by atoms with E-state index in [2.05, 4.69) is 71.9 Å². The maximum atomic E-state index is 13.2. The number of nitrogens with zero attached hydrogens (tertiary/aromatic N) is 2. The van der Waals surface area contributed by atoms with Gasteiger partial charge in [-0.25, -0.2) is 0 Å². The van der Waals surface area contributed by atoms with Gasteiger partial charge in [-0.2, -0.15) is 4.57 Å². The van der Waals surface area contributed by atoms with Crippen LogP contribution in [0.4, 0.5) is 5.69 Å². The highest BCUT2D eigenvalue weighted by molar-refractivity contribution is 6.23. The summed E-state index contributed by atoms with van der Waals surface area (Å²) in [6.07, 6.45) is 8.06. The number of carbonyl (C=O) groups excluding carboxylic acids is 1. The van der Waals surface area contributed by atoms with Crippen molar-refractivity contribution in [2.24, 2.45) is 0 Å². The van der Waals surface area contributed by atoms with Crippen LogP contribution in [0, 0.1) is 0 Å². The van der Waals surface area contributed by atoms with Crippen LogP contribution in [-0.2, 0) is 16.1 Å². The molecular weight excluding hydrogens is 408 g/mol. The van der Waals surface area contributed by atoms with Gasteiger partial charge in [-0.1, -0.05) is 36.4 Å². The first-order valence-corrected chi connectivity index (χ1v) is 11.4. The maximum absolute atomic E-state index is 13.2. The lowest BCUT2D eigenvalue weighted by atomic mass is 9.86. The summed E-state index contributed by atoms with van der Waals surface area (Å²) in [5.74, 6) is 0.657. The zero-order valence-electron chi connectivity index (χ0n) is 19.2. The summed E-state index contributed by atoms with van der Waals surface area (Å²) in [7, 11) is 1.63. The summed E-state index contributed by atoms with van der Waals surface area (Å²) in [5.41, 5.74) is 6.69. The standard InChI is InChI=1S/C29H27N2O2/c1-4-30-22(16-14-20-10-6-8-12-26(20)30)18-24-28(32)25(29(24)33-3)19-23-17-15-21-11-7-9-13-27(21)31(23)5-2/h6-19H,4-5H2,1-3H3/q+1. The molecule has 0 fully saturated rings. The molecule has 4 heteroatoms. The van der Waals surface area contributed by atoms with Gasteiger partial charge in [-0.3, -0.25) is 4.79 Å². The van der Waals surface area contributed by atoms with E-state index < -0.39 is 0 Å². The molecule has 2 heterocycles. The number of methoxy groups -OCH3 is 1. The highest BCUT2D eigenvalue weighted by atomic mass is 16.5. The molecule has 0 atom stereocenters. The molecule has 1 aliphatic heterocycles. The Morgan fingerprint density at radius 2 is 1.73 bits per heavy atom. The minimum Gasteiger partial charge on any atom is -0.495 e. The van der Waals surface area contributed by atoms with Crippen LogP contribution in [0.3, 0.4) is 0 Å². The van der Waals surface area contributed by atoms with E-state index in [0.717, 1.165) is 35.7 Å². The molecule has 0 amide bonds. The average molecular weight is 436 g/mol. The monoisotopic (exact) mass is 435 g/mol. The molecule has 0 radical (unpaired) electrons. The number of allylic oxidation sites excluding steroid dienone is 4. The summed E-state index contributed by atoms with van der Waals surface area (Å²) in [4.78, 5) is 15.4. The van der Waals surface area contributed by atoms with Crippen molar-refractivity contribution >= 4 is 34.5 Å². The van der Waals surface area contributed by atoms with Crippen molar-refractivity contribution in [2.45, 2.75) is 20.4 Å². The molecule has 5 rings (SSSR count). The topological polar surface area (TPSA) is 33.4 Å². The van der Waals surface area contributed by atoms with Gasteiger partial charge < -0.3 is 9.64 Å². The Hall–Kier alpha value is -3.92. The molecule has 4 nitrogen and oxygen atoms in total. The molecule has 0 unspecified atom stereocenters. The highest BCUT2D eigenvalue weighted by Crippen LogP contribution is 2.37. The van der Waals surface area contributed by atoms with Crippen LogP contribution in [0.25, 0.3) is 23.1 Å². The van der Waals surface area contributed by atoms with Crippen LogP contribution in [-0.4, -0.2) is 19.4 Å². The van der Waals surface area contributed by atoms with Gasteiger partial charge in [0.05, 0.1) is 18.3 Å². The number of aromatic nitrogens is 1. The molecule has 1 aliphatic carbocycles. The number of benzene rings is 2. The fourth-order valence-electron chi connectivity index (χ4n) is 4.73. The molecule has 0 bridgehead atoms. The van der Waals surface area contributed by atoms with Gasteiger partial charge >= 0.3 is 0 Å². The zero-order valence-corrected chi connectivity index (χ0v) is 19.2. The van der Waals surface area contributed by atoms with Crippen LogP contribution < -0.4 is 9.47 Å². The molecule has 0 spiro atoms. The van der Waals surface area contributed by atoms with E-state index in [9.17, 15) is 4.79 Å². The fraction of sp³-hybridized carbons (Fsp3) is 0.172. The van der Waals surface area contributed by atoms with Gasteiger partial charge in [0.1, 0.15) is 12.3 Å². The summed E-state index contributed by atoms with van der Waals surface area (Å²) >= 11 is 0. The normalized spacial score (nSPS) is 17.7. The molecule has 0 saturated heterocycles. The van der Waals surface area contributed by atoms with Crippen molar-refractivity contribution in [1.82, 2.24) is 0 Å². The number of para-hydroxylation sites is 2. The molecule has 0 saturated carbocycles. The zero-order chi connectivity index (χ0) is 22.9. The smallest absolute Gasteiger partial charge is 0.212 e. The van der Waals surface area contributed by atoms with Crippen LogP contribution in [0.2, 0.25) is 0 Å². The molecule has 3 aromatic rings. The number of hydrogen-bond donors (Lipinski definition) is 0. The Labute approximate surface area is 194 Å². The number of hydrogen-bond acceptors (Lipinski definition) is 3. The SMILES string of the molecule is CCN1/C(=C/C2=C(OC)C(=C/c3ccc4ccccc4[n+]3CC)/C2=O)C=Cc2ccccc21. The van der Waals surface area contributed by atoms with Crippen molar-refractivity contribution in [3.63, 3.8) is 0 Å². The lowest BCUT2D eigenvalue weighted by Crippen LogP contribution is -2.37. The van der Waals surface area contributed by atoms with Crippen molar-refractivity contribution < 1.29 is 14.1 Å². The summed E-state index contributed by atoms with van der Waals surface area (Å²) in [5, 5.41) is 1.18. The third-order valence-corrected chi connectivity index (χ3v) is 6.35. The first-order valence-electron chi connectivity index (χ1n) is 11.4. The molecule has 1 aromatic heterocycles. The van der Waals surface area contributed by atoms with Crippen molar-refractivity contribution in [1.29, 1.82) is 0 Å². The first-order chi connectivity index (χ1) is 16.2. The molecule has 2 aliphatic rings. The van der Waals surface area contributed by atoms with Gasteiger partial charge in [0, 0.05) is 41.5 Å².